The number of nitriles is 1. The van der Waals surface area contributed by atoms with E-state index >= 15 is 0 Å². The SMILES string of the molecule is N#Cc1c(N)nc2c(c1-c1c(Cl)cccc1Cl)CCCCCC2. The molecule has 0 amide bonds. The van der Waals surface area contributed by atoms with Crippen LogP contribution in [0.4, 0.5) is 5.82 Å². The number of nitrogen functional groups attached to an aromatic ring is 1. The summed E-state index contributed by atoms with van der Waals surface area (Å²) in [6.45, 7) is 0. The first-order chi connectivity index (χ1) is 11.1. The van der Waals surface area contributed by atoms with Crippen LogP contribution >= 0.6 is 23.2 Å². The number of aryl methyl sites for hydroxylation is 1. The molecule has 1 aliphatic carbocycles. The van der Waals surface area contributed by atoms with E-state index in [0.29, 0.717) is 21.2 Å². The lowest BCUT2D eigenvalue weighted by atomic mass is 9.88. The van der Waals surface area contributed by atoms with E-state index in [0.717, 1.165) is 42.5 Å². The molecule has 1 aromatic heterocycles. The van der Waals surface area contributed by atoms with Gasteiger partial charge in [0.05, 0.1) is 0 Å². The summed E-state index contributed by atoms with van der Waals surface area (Å²) >= 11 is 12.8. The molecule has 3 rings (SSSR count). The van der Waals surface area contributed by atoms with Gasteiger partial charge in [-0.2, -0.15) is 5.26 Å². The highest BCUT2D eigenvalue weighted by Crippen LogP contribution is 2.41. The Kier molecular flexibility index (Phi) is 4.75. The Bertz CT molecular complexity index is 774. The molecule has 0 radical (unpaired) electrons. The van der Waals surface area contributed by atoms with Crippen LogP contribution in [-0.2, 0) is 12.8 Å². The second kappa shape index (κ2) is 6.78. The van der Waals surface area contributed by atoms with Gasteiger partial charge in [0, 0.05) is 26.9 Å². The van der Waals surface area contributed by atoms with E-state index in [4.69, 9.17) is 28.9 Å². The van der Waals surface area contributed by atoms with Crippen LogP contribution < -0.4 is 5.73 Å². The number of halogens is 2. The minimum atomic E-state index is 0.262. The maximum absolute atomic E-state index is 9.61. The average Bonchev–Trinajstić information content (AvgIpc) is 2.49. The van der Waals surface area contributed by atoms with Crippen molar-refractivity contribution in [3.63, 3.8) is 0 Å². The fourth-order valence-corrected chi connectivity index (χ4v) is 3.83. The van der Waals surface area contributed by atoms with Gasteiger partial charge < -0.3 is 5.73 Å². The van der Waals surface area contributed by atoms with Crippen LogP contribution in [0.15, 0.2) is 18.2 Å². The summed E-state index contributed by atoms with van der Waals surface area (Å²) in [6, 6.07) is 7.57. The number of pyridine rings is 1. The van der Waals surface area contributed by atoms with E-state index in [1.165, 1.54) is 12.8 Å². The fraction of sp³-hybridized carbons (Fsp3) is 0.333. The molecule has 118 valence electrons. The number of anilines is 1. The van der Waals surface area contributed by atoms with Crippen molar-refractivity contribution in [1.82, 2.24) is 4.98 Å². The van der Waals surface area contributed by atoms with Crippen LogP contribution in [0, 0.1) is 11.3 Å². The number of rotatable bonds is 1. The number of nitrogens with zero attached hydrogens (tertiary/aromatic N) is 2. The largest absolute Gasteiger partial charge is 0.383 e. The lowest BCUT2D eigenvalue weighted by Gasteiger charge is -2.20. The number of hydrogen-bond donors (Lipinski definition) is 1. The highest BCUT2D eigenvalue weighted by molar-refractivity contribution is 6.39. The Balaban J connectivity index is 2.36. The Hall–Kier alpha value is -1.76. The molecular weight excluding hydrogens is 329 g/mol. The number of benzene rings is 1. The van der Waals surface area contributed by atoms with Gasteiger partial charge in [-0.1, -0.05) is 42.1 Å². The molecule has 0 saturated heterocycles. The van der Waals surface area contributed by atoms with E-state index in [1.54, 1.807) is 18.2 Å². The maximum atomic E-state index is 9.61. The normalized spacial score (nSPS) is 14.5. The minimum absolute atomic E-state index is 0.262. The van der Waals surface area contributed by atoms with Crippen LogP contribution in [0.5, 0.6) is 0 Å². The Labute approximate surface area is 146 Å². The molecule has 5 heteroatoms. The molecule has 1 aromatic carbocycles. The van der Waals surface area contributed by atoms with E-state index in [9.17, 15) is 5.26 Å². The van der Waals surface area contributed by atoms with E-state index < -0.39 is 0 Å². The number of fused-ring (bicyclic) bond motifs is 1. The maximum Gasteiger partial charge on any atom is 0.142 e. The Morgan fingerprint density at radius 3 is 2.30 bits per heavy atom. The van der Waals surface area contributed by atoms with E-state index in [-0.39, 0.29) is 5.82 Å². The summed E-state index contributed by atoms with van der Waals surface area (Å²) in [5.74, 6) is 0.262. The van der Waals surface area contributed by atoms with Gasteiger partial charge >= 0.3 is 0 Å². The molecule has 1 aliphatic rings. The molecule has 2 aromatic rings. The standard InChI is InChI=1S/C18H17Cl2N3/c19-13-7-5-8-14(20)17(13)16-11-6-3-1-2-4-9-15(11)23-18(22)12(16)10-21/h5,7-8H,1-4,6,9H2,(H2,22,23). The summed E-state index contributed by atoms with van der Waals surface area (Å²) < 4.78 is 0. The van der Waals surface area contributed by atoms with Gasteiger partial charge in [-0.15, -0.1) is 0 Å². The van der Waals surface area contributed by atoms with Crippen LogP contribution in [0.1, 0.15) is 42.5 Å². The van der Waals surface area contributed by atoms with Crippen LogP contribution in [0.25, 0.3) is 11.1 Å². The van der Waals surface area contributed by atoms with Gasteiger partial charge in [0.2, 0.25) is 0 Å². The van der Waals surface area contributed by atoms with Gasteiger partial charge in [0.1, 0.15) is 17.5 Å². The van der Waals surface area contributed by atoms with Crippen molar-refractivity contribution in [2.45, 2.75) is 38.5 Å². The van der Waals surface area contributed by atoms with Crippen molar-refractivity contribution in [2.75, 3.05) is 5.73 Å². The van der Waals surface area contributed by atoms with Gasteiger partial charge in [0.15, 0.2) is 0 Å². The number of hydrogen-bond acceptors (Lipinski definition) is 3. The summed E-state index contributed by atoms with van der Waals surface area (Å²) in [5, 5.41) is 10.7. The molecule has 0 fully saturated rings. The van der Waals surface area contributed by atoms with Crippen molar-refractivity contribution in [3.8, 4) is 17.2 Å². The molecule has 0 unspecified atom stereocenters. The zero-order chi connectivity index (χ0) is 16.4. The third-order valence-corrected chi connectivity index (χ3v) is 4.96. The molecule has 0 aliphatic heterocycles. The molecule has 0 saturated carbocycles. The lowest BCUT2D eigenvalue weighted by Crippen LogP contribution is -2.10. The van der Waals surface area contributed by atoms with Crippen LogP contribution in [-0.4, -0.2) is 4.98 Å². The van der Waals surface area contributed by atoms with Gasteiger partial charge in [0.25, 0.3) is 0 Å². The zero-order valence-electron chi connectivity index (χ0n) is 12.7. The first kappa shape index (κ1) is 16.1. The van der Waals surface area contributed by atoms with Crippen LogP contribution in [0.2, 0.25) is 10.0 Å². The average molecular weight is 346 g/mol. The molecule has 0 atom stereocenters. The second-order valence-electron chi connectivity index (χ2n) is 5.79. The Morgan fingerprint density at radius 1 is 1.00 bits per heavy atom. The van der Waals surface area contributed by atoms with Gasteiger partial charge in [-0.05, 0) is 43.4 Å². The lowest BCUT2D eigenvalue weighted by molar-refractivity contribution is 0.610. The van der Waals surface area contributed by atoms with E-state index in [1.807, 2.05) is 0 Å². The summed E-state index contributed by atoms with van der Waals surface area (Å²) in [7, 11) is 0. The second-order valence-corrected chi connectivity index (χ2v) is 6.61. The molecule has 0 bridgehead atoms. The summed E-state index contributed by atoms with van der Waals surface area (Å²) in [4.78, 5) is 4.50. The quantitative estimate of drug-likeness (QED) is 0.775. The smallest absolute Gasteiger partial charge is 0.142 e. The van der Waals surface area contributed by atoms with E-state index in [2.05, 4.69) is 11.1 Å². The zero-order valence-corrected chi connectivity index (χ0v) is 14.2. The number of aromatic nitrogens is 1. The first-order valence-electron chi connectivity index (χ1n) is 7.79. The molecule has 0 spiro atoms. The molecule has 23 heavy (non-hydrogen) atoms. The predicted octanol–water partition coefficient (Wildman–Crippen LogP) is 5.17. The van der Waals surface area contributed by atoms with Crippen LogP contribution in [0.3, 0.4) is 0 Å². The van der Waals surface area contributed by atoms with Gasteiger partial charge in [-0.25, -0.2) is 4.98 Å². The molecule has 3 nitrogen and oxygen atoms in total. The highest BCUT2D eigenvalue weighted by atomic mass is 35.5. The summed E-state index contributed by atoms with van der Waals surface area (Å²) in [5.41, 5.74) is 9.96. The highest BCUT2D eigenvalue weighted by Gasteiger charge is 2.23. The van der Waals surface area contributed by atoms with Crippen molar-refractivity contribution in [3.05, 3.63) is 45.1 Å². The summed E-state index contributed by atoms with van der Waals surface area (Å²) in [6.07, 6.45) is 6.28. The van der Waals surface area contributed by atoms with Gasteiger partial charge in [-0.3, -0.25) is 0 Å². The topological polar surface area (TPSA) is 62.7 Å². The minimum Gasteiger partial charge on any atom is -0.383 e. The first-order valence-corrected chi connectivity index (χ1v) is 8.54. The van der Waals surface area contributed by atoms with Crippen molar-refractivity contribution < 1.29 is 0 Å². The Morgan fingerprint density at radius 2 is 1.65 bits per heavy atom. The molecule has 2 N–H and O–H groups in total. The van der Waals surface area contributed by atoms with Crippen molar-refractivity contribution in [1.29, 1.82) is 5.26 Å². The molecule has 1 heterocycles. The monoisotopic (exact) mass is 345 g/mol. The molecular formula is C18H17Cl2N3. The number of nitrogens with two attached hydrogens (primary N) is 1. The third-order valence-electron chi connectivity index (χ3n) is 4.33. The van der Waals surface area contributed by atoms with Crippen molar-refractivity contribution >= 4 is 29.0 Å². The third kappa shape index (κ3) is 3.02. The fourth-order valence-electron chi connectivity index (χ4n) is 3.24. The van der Waals surface area contributed by atoms with Crippen molar-refractivity contribution in [2.24, 2.45) is 0 Å². The predicted molar refractivity (Wildman–Crippen MR) is 94.7 cm³/mol.